The first-order valence-electron chi connectivity index (χ1n) is 7.61. The highest BCUT2D eigenvalue weighted by atomic mass is 32.2. The molecule has 0 aliphatic heterocycles. The Morgan fingerprint density at radius 3 is 2.88 bits per heavy atom. The van der Waals surface area contributed by atoms with E-state index in [1.54, 1.807) is 17.8 Å². The van der Waals surface area contributed by atoms with Crippen LogP contribution in [0.2, 0.25) is 0 Å². The molecule has 0 radical (unpaired) electrons. The lowest BCUT2D eigenvalue weighted by molar-refractivity contribution is 0.102. The fraction of sp³-hybridized carbons (Fsp3) is 0.250. The van der Waals surface area contributed by atoms with Crippen LogP contribution in [-0.4, -0.2) is 37.2 Å². The predicted molar refractivity (Wildman–Crippen MR) is 99.4 cm³/mol. The molecule has 3 N–H and O–H groups in total. The van der Waals surface area contributed by atoms with E-state index >= 15 is 0 Å². The van der Waals surface area contributed by atoms with E-state index in [9.17, 15) is 9.90 Å². The molecule has 0 aliphatic rings. The van der Waals surface area contributed by atoms with Crippen molar-refractivity contribution in [3.05, 3.63) is 35.0 Å². The van der Waals surface area contributed by atoms with Gasteiger partial charge in [0, 0.05) is 5.56 Å². The average Bonchev–Trinajstić information content (AvgIpc) is 3.21. The Hall–Kier alpha value is -2.39. The first kappa shape index (κ1) is 17.4. The zero-order valence-corrected chi connectivity index (χ0v) is 15.6. The van der Waals surface area contributed by atoms with Gasteiger partial charge < -0.3 is 5.11 Å². The van der Waals surface area contributed by atoms with Gasteiger partial charge in [0.15, 0.2) is 4.34 Å². The number of thioether (sulfide) groups is 1. The second kappa shape index (κ2) is 7.24. The molecule has 9 heteroatoms. The van der Waals surface area contributed by atoms with E-state index in [1.807, 2.05) is 32.9 Å². The Kier molecular flexibility index (Phi) is 5.05. The summed E-state index contributed by atoms with van der Waals surface area (Å²) in [5.74, 6) is 0.701. The van der Waals surface area contributed by atoms with Gasteiger partial charge in [0.05, 0.1) is 5.69 Å². The SMILES string of the molecule is CCSc1nnc(NC(=O)c2cc(-c3cc(C)cc(C)c3O)n[nH]2)s1. The number of H-pyrrole nitrogens is 1. The molecule has 3 aromatic rings. The number of carbonyl (C=O) groups excluding carboxylic acids is 1. The van der Waals surface area contributed by atoms with Crippen molar-refractivity contribution in [2.24, 2.45) is 0 Å². The van der Waals surface area contributed by atoms with E-state index in [0.717, 1.165) is 21.2 Å². The standard InChI is InChI=1S/C16H17N5O2S2/c1-4-24-16-21-20-15(25-16)17-14(23)12-7-11(18-19-12)10-6-8(2)5-9(3)13(10)22/h5-7,22H,4H2,1-3H3,(H,18,19)(H,17,20,23). The molecule has 2 heterocycles. The van der Waals surface area contributed by atoms with E-state index in [1.165, 1.54) is 11.3 Å². The molecule has 1 aromatic carbocycles. The van der Waals surface area contributed by atoms with Gasteiger partial charge in [0.25, 0.3) is 5.91 Å². The summed E-state index contributed by atoms with van der Waals surface area (Å²) in [4.78, 5) is 12.3. The van der Waals surface area contributed by atoms with Crippen LogP contribution in [0, 0.1) is 13.8 Å². The number of phenols is 1. The van der Waals surface area contributed by atoms with E-state index < -0.39 is 0 Å². The highest BCUT2D eigenvalue weighted by molar-refractivity contribution is 8.01. The third-order valence-electron chi connectivity index (χ3n) is 3.44. The fourth-order valence-electron chi connectivity index (χ4n) is 2.34. The van der Waals surface area contributed by atoms with Crippen LogP contribution >= 0.6 is 23.1 Å². The average molecular weight is 375 g/mol. The Bertz CT molecular complexity index is 919. The summed E-state index contributed by atoms with van der Waals surface area (Å²) in [7, 11) is 0. The number of hydrogen-bond acceptors (Lipinski definition) is 7. The highest BCUT2D eigenvalue weighted by Crippen LogP contribution is 2.32. The second-order valence-electron chi connectivity index (χ2n) is 5.41. The number of nitrogens with one attached hydrogen (secondary N) is 2. The van der Waals surface area contributed by atoms with Crippen molar-refractivity contribution in [1.29, 1.82) is 0 Å². The number of aromatic amines is 1. The van der Waals surface area contributed by atoms with Crippen molar-refractivity contribution >= 4 is 34.1 Å². The summed E-state index contributed by atoms with van der Waals surface area (Å²) in [6, 6.07) is 5.33. The van der Waals surface area contributed by atoms with E-state index in [4.69, 9.17) is 0 Å². The maximum absolute atomic E-state index is 12.3. The number of amides is 1. The molecule has 3 rings (SSSR count). The lowest BCUT2D eigenvalue weighted by Gasteiger charge is -2.06. The van der Waals surface area contributed by atoms with Crippen LogP contribution in [0.15, 0.2) is 22.5 Å². The fourth-order valence-corrected chi connectivity index (χ4v) is 3.98. The highest BCUT2D eigenvalue weighted by Gasteiger charge is 2.16. The van der Waals surface area contributed by atoms with Gasteiger partial charge in [-0.2, -0.15) is 5.10 Å². The number of hydrogen-bond donors (Lipinski definition) is 3. The molecular formula is C16H17N5O2S2. The molecule has 0 saturated carbocycles. The van der Waals surface area contributed by atoms with Crippen LogP contribution in [0.1, 0.15) is 28.5 Å². The number of rotatable bonds is 5. The van der Waals surface area contributed by atoms with Crippen molar-refractivity contribution in [2.45, 2.75) is 25.1 Å². The summed E-state index contributed by atoms with van der Waals surface area (Å²) in [6.07, 6.45) is 0. The molecule has 0 atom stereocenters. The molecule has 2 aromatic heterocycles. The molecule has 0 aliphatic carbocycles. The van der Waals surface area contributed by atoms with Crippen LogP contribution < -0.4 is 5.32 Å². The van der Waals surface area contributed by atoms with Gasteiger partial charge >= 0.3 is 0 Å². The Labute approximate surface area is 152 Å². The van der Waals surface area contributed by atoms with E-state index in [2.05, 4.69) is 25.7 Å². The van der Waals surface area contributed by atoms with Crippen molar-refractivity contribution < 1.29 is 9.90 Å². The van der Waals surface area contributed by atoms with Gasteiger partial charge in [-0.05, 0) is 42.9 Å². The summed E-state index contributed by atoms with van der Waals surface area (Å²) >= 11 is 2.89. The Morgan fingerprint density at radius 1 is 1.32 bits per heavy atom. The van der Waals surface area contributed by atoms with E-state index in [-0.39, 0.29) is 17.4 Å². The van der Waals surface area contributed by atoms with Gasteiger partial charge in [-0.25, -0.2) is 0 Å². The first-order valence-corrected chi connectivity index (χ1v) is 9.41. The van der Waals surface area contributed by atoms with Crippen molar-refractivity contribution in [2.75, 3.05) is 11.1 Å². The first-order chi connectivity index (χ1) is 12.0. The number of carbonyl (C=O) groups is 1. The number of phenolic OH excluding ortho intramolecular Hbond substituents is 1. The number of aromatic hydroxyl groups is 1. The third kappa shape index (κ3) is 3.83. The number of aromatic nitrogens is 4. The topological polar surface area (TPSA) is 104 Å². The summed E-state index contributed by atoms with van der Waals surface area (Å²) in [6.45, 7) is 5.80. The van der Waals surface area contributed by atoms with Crippen LogP contribution in [0.5, 0.6) is 5.75 Å². The quantitative estimate of drug-likeness (QED) is 0.465. The zero-order chi connectivity index (χ0) is 18.0. The largest absolute Gasteiger partial charge is 0.507 e. The molecule has 130 valence electrons. The van der Waals surface area contributed by atoms with E-state index in [0.29, 0.717) is 16.4 Å². The minimum atomic E-state index is -0.355. The number of benzene rings is 1. The van der Waals surface area contributed by atoms with Crippen LogP contribution in [0.25, 0.3) is 11.3 Å². The molecule has 0 fully saturated rings. The summed E-state index contributed by atoms with van der Waals surface area (Å²) < 4.78 is 0.809. The lowest BCUT2D eigenvalue weighted by atomic mass is 10.0. The summed E-state index contributed by atoms with van der Waals surface area (Å²) in [5.41, 5.74) is 3.15. The van der Waals surface area contributed by atoms with Gasteiger partial charge in [0.1, 0.15) is 11.4 Å². The number of nitrogens with zero attached hydrogens (tertiary/aromatic N) is 3. The summed E-state index contributed by atoms with van der Waals surface area (Å²) in [5, 5.41) is 28.2. The molecule has 25 heavy (non-hydrogen) atoms. The van der Waals surface area contributed by atoms with Crippen molar-refractivity contribution in [1.82, 2.24) is 20.4 Å². The Balaban J connectivity index is 1.80. The zero-order valence-electron chi connectivity index (χ0n) is 14.0. The minimum absolute atomic E-state index is 0.161. The third-order valence-corrected chi connectivity index (χ3v) is 5.29. The maximum Gasteiger partial charge on any atom is 0.275 e. The molecular weight excluding hydrogens is 358 g/mol. The minimum Gasteiger partial charge on any atom is -0.507 e. The molecule has 1 amide bonds. The number of aryl methyl sites for hydroxylation is 2. The predicted octanol–water partition coefficient (Wildman–Crippen LogP) is 3.61. The van der Waals surface area contributed by atoms with Gasteiger partial charge in [-0.3, -0.25) is 15.2 Å². The molecule has 0 saturated heterocycles. The van der Waals surface area contributed by atoms with Gasteiger partial charge in [-0.15, -0.1) is 10.2 Å². The monoisotopic (exact) mass is 375 g/mol. The molecule has 0 unspecified atom stereocenters. The van der Waals surface area contributed by atoms with Crippen molar-refractivity contribution in [3.8, 4) is 17.0 Å². The Morgan fingerprint density at radius 2 is 2.12 bits per heavy atom. The molecule has 0 spiro atoms. The normalized spacial score (nSPS) is 10.8. The van der Waals surface area contributed by atoms with Gasteiger partial charge in [0.2, 0.25) is 5.13 Å². The smallest absolute Gasteiger partial charge is 0.275 e. The van der Waals surface area contributed by atoms with Crippen LogP contribution in [0.4, 0.5) is 5.13 Å². The second-order valence-corrected chi connectivity index (χ2v) is 7.89. The number of anilines is 1. The van der Waals surface area contributed by atoms with Crippen LogP contribution in [-0.2, 0) is 0 Å². The maximum atomic E-state index is 12.3. The van der Waals surface area contributed by atoms with Gasteiger partial charge in [-0.1, -0.05) is 36.1 Å². The van der Waals surface area contributed by atoms with Crippen molar-refractivity contribution in [3.63, 3.8) is 0 Å². The molecule has 7 nitrogen and oxygen atoms in total. The lowest BCUT2D eigenvalue weighted by Crippen LogP contribution is -2.12. The molecule has 0 bridgehead atoms. The van der Waals surface area contributed by atoms with Crippen LogP contribution in [0.3, 0.4) is 0 Å².